The minimum absolute atomic E-state index is 0.0563. The summed E-state index contributed by atoms with van der Waals surface area (Å²) in [5.74, 6) is 0. The van der Waals surface area contributed by atoms with E-state index < -0.39 is 27.9 Å². The zero-order valence-electron chi connectivity index (χ0n) is 29.4. The Morgan fingerprint density at radius 1 is 0.760 bits per heavy atom. The molecule has 0 aliphatic rings. The van der Waals surface area contributed by atoms with E-state index in [2.05, 4.69) is 70.2 Å². The van der Waals surface area contributed by atoms with Gasteiger partial charge in [-0.05, 0) is 71.3 Å². The molecule has 268 valence electrons. The van der Waals surface area contributed by atoms with Gasteiger partial charge in [0, 0.05) is 59.7 Å². The van der Waals surface area contributed by atoms with E-state index in [4.69, 9.17) is 9.47 Å². The van der Waals surface area contributed by atoms with Crippen LogP contribution in [0, 0.1) is 6.92 Å². The quantitative estimate of drug-likeness (QED) is 0.0977. The summed E-state index contributed by atoms with van der Waals surface area (Å²) in [4.78, 5) is 37.8. The molecule has 0 spiro atoms. The Morgan fingerprint density at radius 3 is 1.76 bits per heavy atom. The number of fused-ring (bicyclic) bond motifs is 2. The SMILES string of the molecule is C[Si](C)(C)CCOCn1cc(Br)c2ncccc2c1=O.Cc1nc(-c2cn(COCC[Si](C)(C)C)c(=O)c3cccnc23)ccc1C(F)(F)F. The Labute approximate surface area is 299 Å². The number of hydrogen-bond acceptors (Lipinski definition) is 7. The van der Waals surface area contributed by atoms with Crippen LogP contribution in [0.4, 0.5) is 13.2 Å². The van der Waals surface area contributed by atoms with Crippen LogP contribution < -0.4 is 11.1 Å². The third-order valence-corrected chi connectivity index (χ3v) is 11.7. The average Bonchev–Trinajstić information content (AvgIpc) is 3.03. The van der Waals surface area contributed by atoms with Crippen molar-refractivity contribution in [1.29, 1.82) is 0 Å². The van der Waals surface area contributed by atoms with Crippen LogP contribution in [0.2, 0.25) is 51.4 Å². The van der Waals surface area contributed by atoms with E-state index in [1.807, 2.05) is 0 Å². The molecule has 9 nitrogen and oxygen atoms in total. The minimum atomic E-state index is -4.47. The first-order valence-corrected chi connectivity index (χ1v) is 24.4. The lowest BCUT2D eigenvalue weighted by Gasteiger charge is -2.17. The molecule has 0 saturated heterocycles. The fourth-order valence-electron chi connectivity index (χ4n) is 4.87. The second-order valence-electron chi connectivity index (χ2n) is 14.4. The average molecular weight is 791 g/mol. The van der Waals surface area contributed by atoms with Crippen LogP contribution in [-0.4, -0.2) is 53.4 Å². The minimum Gasteiger partial charge on any atom is -0.361 e. The van der Waals surface area contributed by atoms with Gasteiger partial charge in [0.25, 0.3) is 11.1 Å². The van der Waals surface area contributed by atoms with E-state index in [0.29, 0.717) is 46.3 Å². The van der Waals surface area contributed by atoms with Gasteiger partial charge in [0.2, 0.25) is 0 Å². The molecule has 0 aliphatic heterocycles. The van der Waals surface area contributed by atoms with Gasteiger partial charge in [-0.2, -0.15) is 13.2 Å². The highest BCUT2D eigenvalue weighted by atomic mass is 79.9. The van der Waals surface area contributed by atoms with Gasteiger partial charge >= 0.3 is 6.18 Å². The summed E-state index contributed by atoms with van der Waals surface area (Å²) in [5, 5.41) is 0.971. The molecule has 5 heterocycles. The standard InChI is InChI=1S/C21H24F3N3O2Si.C14H19BrN2O2Si/c1-14-17(21(22,23)24)7-8-18(26-14)16-12-27(13-29-10-11-30(2,3)4)20(28)15-6-5-9-25-19(15)16;1-20(2,3)8-7-19-10-17-9-12(15)13-11(14(17)18)5-4-6-16-13/h5-9,12H,10-11,13H2,1-4H3;4-6,9H,7-8,10H2,1-3H3. The molecule has 0 amide bonds. The first-order chi connectivity index (χ1) is 23.4. The van der Waals surface area contributed by atoms with E-state index in [1.54, 1.807) is 47.4 Å². The molecule has 15 heteroatoms. The number of aryl methyl sites for hydroxylation is 1. The summed E-state index contributed by atoms with van der Waals surface area (Å²) in [6, 6.07) is 11.2. The van der Waals surface area contributed by atoms with Gasteiger partial charge in [-0.15, -0.1) is 0 Å². The van der Waals surface area contributed by atoms with Gasteiger partial charge in [-0.3, -0.25) is 33.7 Å². The summed E-state index contributed by atoms with van der Waals surface area (Å²) in [6.45, 7) is 16.5. The van der Waals surface area contributed by atoms with E-state index in [1.165, 1.54) is 23.8 Å². The molecule has 0 radical (unpaired) electrons. The Hall–Kier alpha value is -3.51. The molecule has 0 saturated carbocycles. The second kappa shape index (κ2) is 16.2. The highest BCUT2D eigenvalue weighted by Gasteiger charge is 2.33. The van der Waals surface area contributed by atoms with Crippen LogP contribution in [0.15, 0.2) is 75.2 Å². The number of halogens is 4. The molecule has 0 unspecified atom stereocenters. The van der Waals surface area contributed by atoms with Crippen molar-refractivity contribution < 1.29 is 22.6 Å². The highest BCUT2D eigenvalue weighted by molar-refractivity contribution is 9.10. The van der Waals surface area contributed by atoms with Crippen molar-refractivity contribution in [3.63, 3.8) is 0 Å². The summed E-state index contributed by atoms with van der Waals surface area (Å²) in [5.41, 5.74) is 0.641. The predicted octanol–water partition coefficient (Wildman–Crippen LogP) is 8.57. The maximum absolute atomic E-state index is 13.1. The van der Waals surface area contributed by atoms with Crippen LogP contribution in [0.3, 0.4) is 0 Å². The lowest BCUT2D eigenvalue weighted by molar-refractivity contribution is -0.138. The summed E-state index contributed by atoms with van der Waals surface area (Å²) < 4.78 is 54.4. The fraction of sp³-hybridized carbons (Fsp3) is 0.400. The van der Waals surface area contributed by atoms with Crippen LogP contribution >= 0.6 is 15.9 Å². The maximum atomic E-state index is 13.1. The monoisotopic (exact) mass is 789 g/mol. The van der Waals surface area contributed by atoms with Crippen molar-refractivity contribution in [2.45, 2.75) is 77.9 Å². The number of rotatable bonds is 11. The zero-order valence-corrected chi connectivity index (χ0v) is 33.0. The molecule has 5 aromatic rings. The van der Waals surface area contributed by atoms with Gasteiger partial charge in [0.15, 0.2) is 0 Å². The smallest absolute Gasteiger partial charge is 0.361 e. The Kier molecular flexibility index (Phi) is 12.8. The maximum Gasteiger partial charge on any atom is 0.418 e. The number of alkyl halides is 3. The van der Waals surface area contributed by atoms with Crippen LogP contribution in [0.5, 0.6) is 0 Å². The largest absolute Gasteiger partial charge is 0.418 e. The number of hydrogen-bond donors (Lipinski definition) is 0. The van der Waals surface area contributed by atoms with Gasteiger partial charge < -0.3 is 9.47 Å². The van der Waals surface area contributed by atoms with Crippen molar-refractivity contribution in [3.05, 3.63) is 97.6 Å². The van der Waals surface area contributed by atoms with Crippen LogP contribution in [0.1, 0.15) is 11.3 Å². The van der Waals surface area contributed by atoms with E-state index in [0.717, 1.165) is 22.6 Å². The lowest BCUT2D eigenvalue weighted by atomic mass is 10.1. The van der Waals surface area contributed by atoms with E-state index in [-0.39, 0.29) is 30.3 Å². The Bertz CT molecular complexity index is 2080. The van der Waals surface area contributed by atoms with E-state index >= 15 is 0 Å². The molecule has 5 rings (SSSR count). The van der Waals surface area contributed by atoms with E-state index in [9.17, 15) is 22.8 Å². The van der Waals surface area contributed by atoms with Gasteiger partial charge in [-0.25, -0.2) is 0 Å². The molecule has 5 aromatic heterocycles. The van der Waals surface area contributed by atoms with Gasteiger partial charge in [0.1, 0.15) is 13.5 Å². The van der Waals surface area contributed by atoms with Crippen molar-refractivity contribution >= 4 is 53.9 Å². The normalized spacial score (nSPS) is 12.3. The zero-order chi connectivity index (χ0) is 36.9. The molecule has 0 aliphatic carbocycles. The molecular weight excluding hydrogens is 747 g/mol. The molecule has 0 N–H and O–H groups in total. The van der Waals surface area contributed by atoms with Crippen molar-refractivity contribution in [3.8, 4) is 11.3 Å². The van der Waals surface area contributed by atoms with Crippen molar-refractivity contribution in [1.82, 2.24) is 24.1 Å². The number of nitrogens with zero attached hydrogens (tertiary/aromatic N) is 5. The topological polar surface area (TPSA) is 101 Å². The highest BCUT2D eigenvalue weighted by Crippen LogP contribution is 2.33. The number of aromatic nitrogens is 5. The molecule has 0 atom stereocenters. The van der Waals surface area contributed by atoms with Crippen molar-refractivity contribution in [2.75, 3.05) is 13.2 Å². The fourth-order valence-corrected chi connectivity index (χ4v) is 6.95. The summed E-state index contributed by atoms with van der Waals surface area (Å²) >= 11 is 3.45. The molecule has 50 heavy (non-hydrogen) atoms. The lowest BCUT2D eigenvalue weighted by Crippen LogP contribution is -2.25. The summed E-state index contributed by atoms with van der Waals surface area (Å²) in [6.07, 6.45) is 2.05. The number of ether oxygens (including phenoxy) is 2. The first kappa shape index (κ1) is 39.3. The van der Waals surface area contributed by atoms with Gasteiger partial charge in [-0.1, -0.05) is 39.3 Å². The Morgan fingerprint density at radius 2 is 1.26 bits per heavy atom. The molecule has 0 aromatic carbocycles. The molecule has 0 fully saturated rings. The Balaban J connectivity index is 0.000000244. The van der Waals surface area contributed by atoms with Crippen molar-refractivity contribution in [2.24, 2.45) is 0 Å². The third kappa shape index (κ3) is 10.5. The first-order valence-electron chi connectivity index (χ1n) is 16.2. The third-order valence-electron chi connectivity index (χ3n) is 7.75. The molecule has 0 bridgehead atoms. The van der Waals surface area contributed by atoms with Crippen LogP contribution in [-0.2, 0) is 29.1 Å². The second-order valence-corrected chi connectivity index (χ2v) is 26.5. The molecular formula is C35H43BrF3N5O4Si2. The van der Waals surface area contributed by atoms with Crippen LogP contribution in [0.25, 0.3) is 33.1 Å². The summed E-state index contributed by atoms with van der Waals surface area (Å²) in [7, 11) is -2.36. The van der Waals surface area contributed by atoms with Gasteiger partial charge in [0.05, 0.1) is 43.2 Å². The number of pyridine rings is 5. The predicted molar refractivity (Wildman–Crippen MR) is 201 cm³/mol.